The van der Waals surface area contributed by atoms with Gasteiger partial charge in [-0.15, -0.1) is 0 Å². The zero-order valence-electron chi connectivity index (χ0n) is 11.5. The van der Waals surface area contributed by atoms with E-state index >= 15 is 0 Å². The summed E-state index contributed by atoms with van der Waals surface area (Å²) >= 11 is 0. The van der Waals surface area contributed by atoms with Crippen LogP contribution in [0.15, 0.2) is 0 Å². The molecular weight excluding hydrogens is 250 g/mol. The van der Waals surface area contributed by atoms with Gasteiger partial charge in [0, 0.05) is 33.1 Å². The van der Waals surface area contributed by atoms with E-state index in [2.05, 4.69) is 5.32 Å². The molecule has 0 radical (unpaired) electrons. The van der Waals surface area contributed by atoms with Crippen molar-refractivity contribution < 1.29 is 19.5 Å². The van der Waals surface area contributed by atoms with Crippen LogP contribution in [0.2, 0.25) is 0 Å². The number of urea groups is 1. The van der Waals surface area contributed by atoms with Gasteiger partial charge in [0.15, 0.2) is 0 Å². The standard InChI is InChI=1S/C12H21N3O4/c1-4-15-7-9(5-10(15)16)13-12(19)14(3)6-8(2)11(17)18/h8-9H,4-7H2,1-3H3,(H,13,19)(H,17,18). The average molecular weight is 271 g/mol. The van der Waals surface area contributed by atoms with E-state index in [-0.39, 0.29) is 24.5 Å². The summed E-state index contributed by atoms with van der Waals surface area (Å²) in [4.78, 5) is 37.1. The number of nitrogens with one attached hydrogen (secondary N) is 1. The fourth-order valence-corrected chi connectivity index (χ4v) is 2.03. The second-order valence-corrected chi connectivity index (χ2v) is 4.90. The van der Waals surface area contributed by atoms with Crippen LogP contribution in [0.25, 0.3) is 0 Å². The minimum absolute atomic E-state index is 0.0364. The van der Waals surface area contributed by atoms with Crippen molar-refractivity contribution in [1.29, 1.82) is 0 Å². The van der Waals surface area contributed by atoms with Gasteiger partial charge in [-0.3, -0.25) is 9.59 Å². The first kappa shape index (κ1) is 15.3. The Hall–Kier alpha value is -1.79. The molecule has 2 N–H and O–H groups in total. The summed E-state index contributed by atoms with van der Waals surface area (Å²) in [6, 6.07) is -0.536. The molecule has 0 saturated carbocycles. The van der Waals surface area contributed by atoms with E-state index in [4.69, 9.17) is 5.11 Å². The molecule has 19 heavy (non-hydrogen) atoms. The monoisotopic (exact) mass is 271 g/mol. The van der Waals surface area contributed by atoms with Gasteiger partial charge in [-0.05, 0) is 6.92 Å². The lowest BCUT2D eigenvalue weighted by molar-refractivity contribution is -0.141. The summed E-state index contributed by atoms with van der Waals surface area (Å²) < 4.78 is 0. The van der Waals surface area contributed by atoms with Crippen molar-refractivity contribution in [3.05, 3.63) is 0 Å². The molecule has 7 nitrogen and oxygen atoms in total. The van der Waals surface area contributed by atoms with Crippen LogP contribution in [0.1, 0.15) is 20.3 Å². The summed E-state index contributed by atoms with van der Waals surface area (Å²) in [5.41, 5.74) is 0. The molecule has 0 aromatic heterocycles. The van der Waals surface area contributed by atoms with Crippen LogP contribution in [-0.4, -0.2) is 65.5 Å². The number of likely N-dealkylation sites (tertiary alicyclic amines) is 1. The Morgan fingerprint density at radius 2 is 2.21 bits per heavy atom. The molecule has 1 fully saturated rings. The SMILES string of the molecule is CCN1CC(NC(=O)N(C)CC(C)C(=O)O)CC1=O. The second kappa shape index (κ2) is 6.40. The van der Waals surface area contributed by atoms with Crippen molar-refractivity contribution in [2.24, 2.45) is 5.92 Å². The van der Waals surface area contributed by atoms with E-state index in [0.29, 0.717) is 19.5 Å². The number of rotatable bonds is 5. The smallest absolute Gasteiger partial charge is 0.317 e. The Morgan fingerprint density at radius 1 is 1.58 bits per heavy atom. The third kappa shape index (κ3) is 4.11. The summed E-state index contributed by atoms with van der Waals surface area (Å²) in [6.45, 7) is 4.73. The molecule has 0 aliphatic carbocycles. The third-order valence-electron chi connectivity index (χ3n) is 3.24. The maximum absolute atomic E-state index is 11.9. The zero-order chi connectivity index (χ0) is 14.6. The zero-order valence-corrected chi connectivity index (χ0v) is 11.5. The van der Waals surface area contributed by atoms with Gasteiger partial charge in [0.25, 0.3) is 0 Å². The van der Waals surface area contributed by atoms with Gasteiger partial charge in [-0.25, -0.2) is 4.79 Å². The number of carbonyl (C=O) groups excluding carboxylic acids is 2. The van der Waals surface area contributed by atoms with Crippen LogP contribution in [0, 0.1) is 5.92 Å². The van der Waals surface area contributed by atoms with Crippen LogP contribution >= 0.6 is 0 Å². The predicted molar refractivity (Wildman–Crippen MR) is 68.6 cm³/mol. The van der Waals surface area contributed by atoms with Gasteiger partial charge in [0.2, 0.25) is 5.91 Å². The molecule has 108 valence electrons. The lowest BCUT2D eigenvalue weighted by Crippen LogP contribution is -2.46. The topological polar surface area (TPSA) is 90.0 Å². The lowest BCUT2D eigenvalue weighted by Gasteiger charge is -2.22. The van der Waals surface area contributed by atoms with Crippen molar-refractivity contribution in [2.75, 3.05) is 26.7 Å². The normalized spacial score (nSPS) is 20.3. The Kier molecular flexibility index (Phi) is 5.14. The number of hydrogen-bond donors (Lipinski definition) is 2. The van der Waals surface area contributed by atoms with Gasteiger partial charge < -0.3 is 20.2 Å². The predicted octanol–water partition coefficient (Wildman–Crippen LogP) is -0.0307. The molecule has 3 amide bonds. The molecule has 1 rings (SSSR count). The summed E-state index contributed by atoms with van der Waals surface area (Å²) in [7, 11) is 1.54. The number of carboxylic acid groups (broad SMARTS) is 1. The van der Waals surface area contributed by atoms with Crippen LogP contribution in [0.4, 0.5) is 4.79 Å². The Morgan fingerprint density at radius 3 is 2.68 bits per heavy atom. The van der Waals surface area contributed by atoms with E-state index in [1.165, 1.54) is 4.90 Å². The lowest BCUT2D eigenvalue weighted by atomic mass is 10.2. The van der Waals surface area contributed by atoms with E-state index in [1.54, 1.807) is 18.9 Å². The molecule has 0 spiro atoms. The quantitative estimate of drug-likeness (QED) is 0.734. The molecule has 0 bridgehead atoms. The van der Waals surface area contributed by atoms with Crippen molar-refractivity contribution in [3.8, 4) is 0 Å². The summed E-state index contributed by atoms with van der Waals surface area (Å²) in [5, 5.41) is 11.5. The molecule has 1 heterocycles. The van der Waals surface area contributed by atoms with Crippen molar-refractivity contribution in [3.63, 3.8) is 0 Å². The molecule has 7 heteroatoms. The number of nitrogens with zero attached hydrogens (tertiary/aromatic N) is 2. The number of likely N-dealkylation sites (N-methyl/N-ethyl adjacent to an activating group) is 1. The van der Waals surface area contributed by atoms with E-state index in [1.807, 2.05) is 6.92 Å². The minimum Gasteiger partial charge on any atom is -0.481 e. The number of aliphatic carboxylic acids is 1. The van der Waals surface area contributed by atoms with Gasteiger partial charge >= 0.3 is 12.0 Å². The van der Waals surface area contributed by atoms with Crippen molar-refractivity contribution in [2.45, 2.75) is 26.3 Å². The van der Waals surface area contributed by atoms with Gasteiger partial charge in [-0.2, -0.15) is 0 Å². The molecule has 0 aromatic rings. The van der Waals surface area contributed by atoms with Crippen molar-refractivity contribution in [1.82, 2.24) is 15.1 Å². The first-order valence-corrected chi connectivity index (χ1v) is 6.37. The molecule has 1 aliphatic rings. The summed E-state index contributed by atoms with van der Waals surface area (Å²) in [6.07, 6.45) is 0.307. The largest absolute Gasteiger partial charge is 0.481 e. The highest BCUT2D eigenvalue weighted by atomic mass is 16.4. The molecule has 1 saturated heterocycles. The van der Waals surface area contributed by atoms with Gasteiger partial charge in [-0.1, -0.05) is 6.92 Å². The minimum atomic E-state index is -0.937. The van der Waals surface area contributed by atoms with Crippen LogP contribution in [0.3, 0.4) is 0 Å². The molecule has 0 aromatic carbocycles. The van der Waals surface area contributed by atoms with E-state index < -0.39 is 11.9 Å². The van der Waals surface area contributed by atoms with Crippen molar-refractivity contribution >= 4 is 17.9 Å². The van der Waals surface area contributed by atoms with Gasteiger partial charge in [0.1, 0.15) is 0 Å². The Bertz CT molecular complexity index is 372. The maximum atomic E-state index is 11.9. The fraction of sp³-hybridized carbons (Fsp3) is 0.750. The highest BCUT2D eigenvalue weighted by molar-refractivity contribution is 5.81. The highest BCUT2D eigenvalue weighted by Gasteiger charge is 2.30. The first-order chi connectivity index (χ1) is 8.85. The van der Waals surface area contributed by atoms with Crippen LogP contribution in [-0.2, 0) is 9.59 Å². The van der Waals surface area contributed by atoms with E-state index in [0.717, 1.165) is 0 Å². The third-order valence-corrected chi connectivity index (χ3v) is 3.24. The highest BCUT2D eigenvalue weighted by Crippen LogP contribution is 2.10. The second-order valence-electron chi connectivity index (χ2n) is 4.90. The fourth-order valence-electron chi connectivity index (χ4n) is 2.03. The first-order valence-electron chi connectivity index (χ1n) is 6.37. The number of carboxylic acids is 1. The van der Waals surface area contributed by atoms with Crippen LogP contribution in [0.5, 0.6) is 0 Å². The van der Waals surface area contributed by atoms with Crippen LogP contribution < -0.4 is 5.32 Å². The number of carbonyl (C=O) groups is 3. The number of hydrogen-bond acceptors (Lipinski definition) is 3. The molecule has 2 atom stereocenters. The molecule has 2 unspecified atom stereocenters. The Balaban J connectivity index is 2.43. The molecule has 1 aliphatic heterocycles. The Labute approximate surface area is 112 Å². The average Bonchev–Trinajstić information content (AvgIpc) is 2.68. The summed E-state index contributed by atoms with van der Waals surface area (Å²) in [5.74, 6) is -1.52. The molecular formula is C12H21N3O4. The van der Waals surface area contributed by atoms with Gasteiger partial charge in [0.05, 0.1) is 12.0 Å². The van der Waals surface area contributed by atoms with E-state index in [9.17, 15) is 14.4 Å². The maximum Gasteiger partial charge on any atom is 0.317 e. The number of amides is 3.